The van der Waals surface area contributed by atoms with Crippen molar-refractivity contribution >= 4 is 29.0 Å². The van der Waals surface area contributed by atoms with Gasteiger partial charge in [0.1, 0.15) is 5.84 Å². The Hall–Kier alpha value is -1.59. The molecule has 0 aliphatic rings. The average molecular weight is 284 g/mol. The number of nitrogen functional groups attached to an aromatic ring is 1. The highest BCUT2D eigenvalue weighted by atomic mass is 35.5. The predicted octanol–water partition coefficient (Wildman–Crippen LogP) is 2.48. The van der Waals surface area contributed by atoms with Gasteiger partial charge in [-0.05, 0) is 19.9 Å². The second-order valence-corrected chi connectivity index (χ2v) is 4.56. The number of halogens is 2. The molecule has 7 heteroatoms. The summed E-state index contributed by atoms with van der Waals surface area (Å²) in [5.41, 5.74) is 7.31. The minimum atomic E-state index is -0.115. The van der Waals surface area contributed by atoms with E-state index < -0.39 is 0 Å². The lowest BCUT2D eigenvalue weighted by Crippen LogP contribution is -2.14. The Kier molecular flexibility index (Phi) is 3.28. The molecular weight excluding hydrogens is 273 g/mol. The molecule has 0 saturated carbocycles. The zero-order chi connectivity index (χ0) is 13.4. The van der Waals surface area contributed by atoms with Crippen LogP contribution in [0, 0.1) is 19.3 Å². The molecule has 2 rings (SSSR count). The monoisotopic (exact) mass is 283 g/mol. The zero-order valence-corrected chi connectivity index (χ0v) is 11.3. The van der Waals surface area contributed by atoms with Crippen molar-refractivity contribution in [2.45, 2.75) is 13.8 Å². The number of hydrogen-bond donors (Lipinski definition) is 2. The van der Waals surface area contributed by atoms with Crippen LogP contribution < -0.4 is 5.73 Å². The summed E-state index contributed by atoms with van der Waals surface area (Å²) in [6.07, 6.45) is 1.53. The van der Waals surface area contributed by atoms with Gasteiger partial charge in [0.25, 0.3) is 0 Å². The molecule has 3 N–H and O–H groups in total. The third-order valence-corrected chi connectivity index (χ3v) is 3.48. The van der Waals surface area contributed by atoms with E-state index in [0.29, 0.717) is 22.1 Å². The quantitative estimate of drug-likeness (QED) is 0.656. The lowest BCUT2D eigenvalue weighted by Gasteiger charge is -2.08. The van der Waals surface area contributed by atoms with Gasteiger partial charge in [0, 0.05) is 11.8 Å². The third-order valence-electron chi connectivity index (χ3n) is 2.56. The molecule has 0 aromatic carbocycles. The molecule has 0 bridgehead atoms. The molecule has 0 aliphatic carbocycles. The molecule has 2 aromatic rings. The SMILES string of the molecule is Cc1nn(-c2nccc(C(=N)N)c2Cl)c(C)c1Cl. The summed E-state index contributed by atoms with van der Waals surface area (Å²) in [6.45, 7) is 3.62. The number of pyridine rings is 1. The van der Waals surface area contributed by atoms with Crippen LogP contribution in [0.3, 0.4) is 0 Å². The van der Waals surface area contributed by atoms with Crippen LogP contribution >= 0.6 is 23.2 Å². The molecule has 0 saturated heterocycles. The van der Waals surface area contributed by atoms with Gasteiger partial charge in [0.15, 0.2) is 5.82 Å². The first-order valence-corrected chi connectivity index (χ1v) is 5.90. The third kappa shape index (κ3) is 1.95. The number of amidine groups is 1. The van der Waals surface area contributed by atoms with E-state index in [-0.39, 0.29) is 10.9 Å². The summed E-state index contributed by atoms with van der Waals surface area (Å²) < 4.78 is 1.55. The van der Waals surface area contributed by atoms with E-state index in [0.717, 1.165) is 5.69 Å². The van der Waals surface area contributed by atoms with Gasteiger partial charge >= 0.3 is 0 Å². The topological polar surface area (TPSA) is 80.6 Å². The molecule has 2 heterocycles. The number of aromatic nitrogens is 3. The van der Waals surface area contributed by atoms with Gasteiger partial charge in [0.05, 0.1) is 21.4 Å². The van der Waals surface area contributed by atoms with Crippen molar-refractivity contribution < 1.29 is 0 Å². The van der Waals surface area contributed by atoms with E-state index in [2.05, 4.69) is 10.1 Å². The van der Waals surface area contributed by atoms with Crippen LogP contribution in [0.1, 0.15) is 17.0 Å². The Bertz CT molecular complexity index is 633. The maximum Gasteiger partial charge on any atom is 0.173 e. The maximum atomic E-state index is 7.45. The average Bonchev–Trinajstić information content (AvgIpc) is 2.57. The van der Waals surface area contributed by atoms with Crippen LogP contribution in [0.25, 0.3) is 5.82 Å². The van der Waals surface area contributed by atoms with E-state index >= 15 is 0 Å². The minimum absolute atomic E-state index is 0.115. The van der Waals surface area contributed by atoms with Gasteiger partial charge in [-0.15, -0.1) is 0 Å². The summed E-state index contributed by atoms with van der Waals surface area (Å²) >= 11 is 12.3. The summed E-state index contributed by atoms with van der Waals surface area (Å²) in [7, 11) is 0. The van der Waals surface area contributed by atoms with E-state index in [1.54, 1.807) is 17.7 Å². The summed E-state index contributed by atoms with van der Waals surface area (Å²) in [5.74, 6) is 0.299. The van der Waals surface area contributed by atoms with Crippen molar-refractivity contribution in [3.8, 4) is 5.82 Å². The zero-order valence-electron chi connectivity index (χ0n) is 9.83. The van der Waals surface area contributed by atoms with Gasteiger partial charge in [-0.2, -0.15) is 5.10 Å². The van der Waals surface area contributed by atoms with Crippen LogP contribution in [0.4, 0.5) is 0 Å². The Labute approximate surface area is 114 Å². The summed E-state index contributed by atoms with van der Waals surface area (Å²) in [4.78, 5) is 4.16. The molecule has 0 fully saturated rings. The fraction of sp³-hybridized carbons (Fsp3) is 0.182. The van der Waals surface area contributed by atoms with Crippen LogP contribution in [-0.2, 0) is 0 Å². The Morgan fingerprint density at radius 1 is 1.33 bits per heavy atom. The standard InChI is InChI=1S/C11H11Cl2N5/c1-5-8(12)6(2)18(17-5)11-9(13)7(10(14)15)3-4-16-11/h3-4H,1-2H3,(H3,14,15). The molecule has 5 nitrogen and oxygen atoms in total. The van der Waals surface area contributed by atoms with Gasteiger partial charge in [-0.3, -0.25) is 5.41 Å². The van der Waals surface area contributed by atoms with Gasteiger partial charge in [0.2, 0.25) is 0 Å². The molecule has 18 heavy (non-hydrogen) atoms. The fourth-order valence-corrected chi connectivity index (χ4v) is 2.03. The highest BCUT2D eigenvalue weighted by molar-refractivity contribution is 6.35. The van der Waals surface area contributed by atoms with Crippen molar-refractivity contribution in [1.29, 1.82) is 5.41 Å². The van der Waals surface area contributed by atoms with E-state index in [9.17, 15) is 0 Å². The second-order valence-electron chi connectivity index (χ2n) is 3.81. The molecule has 0 unspecified atom stereocenters. The molecule has 0 spiro atoms. The molecule has 94 valence electrons. The predicted molar refractivity (Wildman–Crippen MR) is 71.9 cm³/mol. The van der Waals surface area contributed by atoms with E-state index in [4.69, 9.17) is 34.3 Å². The number of nitrogens with one attached hydrogen (secondary N) is 1. The molecule has 0 aliphatic heterocycles. The highest BCUT2D eigenvalue weighted by Crippen LogP contribution is 2.27. The van der Waals surface area contributed by atoms with Gasteiger partial charge in [-0.25, -0.2) is 9.67 Å². The first-order chi connectivity index (χ1) is 8.43. The highest BCUT2D eigenvalue weighted by Gasteiger charge is 2.16. The van der Waals surface area contributed by atoms with Crippen LogP contribution in [0.15, 0.2) is 12.3 Å². The van der Waals surface area contributed by atoms with Gasteiger partial charge in [-0.1, -0.05) is 23.2 Å². The van der Waals surface area contributed by atoms with Crippen molar-refractivity contribution in [2.24, 2.45) is 5.73 Å². The number of aryl methyl sites for hydroxylation is 1. The van der Waals surface area contributed by atoms with E-state index in [1.165, 1.54) is 6.20 Å². The Balaban J connectivity index is 2.68. The number of hydrogen-bond acceptors (Lipinski definition) is 3. The summed E-state index contributed by atoms with van der Waals surface area (Å²) in [6, 6.07) is 1.58. The molecule has 2 aromatic heterocycles. The molecule has 0 radical (unpaired) electrons. The second kappa shape index (κ2) is 4.59. The minimum Gasteiger partial charge on any atom is -0.384 e. The normalized spacial score (nSPS) is 10.7. The van der Waals surface area contributed by atoms with Crippen molar-refractivity contribution in [1.82, 2.24) is 14.8 Å². The Morgan fingerprint density at radius 2 is 2.00 bits per heavy atom. The first-order valence-electron chi connectivity index (χ1n) is 5.14. The van der Waals surface area contributed by atoms with Crippen LogP contribution in [0.5, 0.6) is 0 Å². The first kappa shape index (κ1) is 12.9. The fourth-order valence-electron chi connectivity index (χ4n) is 1.62. The number of rotatable bonds is 2. The lowest BCUT2D eigenvalue weighted by atomic mass is 10.2. The maximum absolute atomic E-state index is 7.45. The van der Waals surface area contributed by atoms with Crippen LogP contribution in [0.2, 0.25) is 10.0 Å². The van der Waals surface area contributed by atoms with E-state index in [1.807, 2.05) is 6.92 Å². The number of nitrogens with two attached hydrogens (primary N) is 1. The molecular formula is C11H11Cl2N5. The van der Waals surface area contributed by atoms with Crippen LogP contribution in [-0.4, -0.2) is 20.6 Å². The van der Waals surface area contributed by atoms with Crippen molar-refractivity contribution in [3.05, 3.63) is 39.3 Å². The lowest BCUT2D eigenvalue weighted by molar-refractivity contribution is 0.806. The largest absolute Gasteiger partial charge is 0.384 e. The number of nitrogens with zero attached hydrogens (tertiary/aromatic N) is 3. The van der Waals surface area contributed by atoms with Gasteiger partial charge < -0.3 is 5.73 Å². The van der Waals surface area contributed by atoms with Crippen molar-refractivity contribution in [2.75, 3.05) is 0 Å². The molecule has 0 atom stereocenters. The van der Waals surface area contributed by atoms with Crippen molar-refractivity contribution in [3.63, 3.8) is 0 Å². The Morgan fingerprint density at radius 3 is 2.50 bits per heavy atom. The smallest absolute Gasteiger partial charge is 0.173 e. The molecule has 0 amide bonds. The summed E-state index contributed by atoms with van der Waals surface area (Å²) in [5, 5.41) is 12.6.